The van der Waals surface area contributed by atoms with E-state index >= 15 is 0 Å². The summed E-state index contributed by atoms with van der Waals surface area (Å²) in [6, 6.07) is 5.73. The van der Waals surface area contributed by atoms with Crippen molar-refractivity contribution < 1.29 is 14.3 Å². The van der Waals surface area contributed by atoms with E-state index in [1.807, 2.05) is 25.1 Å². The smallest absolute Gasteiger partial charge is 0.243 e. The van der Waals surface area contributed by atoms with Gasteiger partial charge in [-0.15, -0.1) is 0 Å². The van der Waals surface area contributed by atoms with Crippen LogP contribution < -0.4 is 14.8 Å². The highest BCUT2D eigenvalue weighted by molar-refractivity contribution is 5.91. The van der Waals surface area contributed by atoms with Crippen LogP contribution in [0.5, 0.6) is 11.5 Å². The van der Waals surface area contributed by atoms with Crippen molar-refractivity contribution >= 4 is 12.0 Å². The van der Waals surface area contributed by atoms with Gasteiger partial charge in [0.15, 0.2) is 11.5 Å². The summed E-state index contributed by atoms with van der Waals surface area (Å²) in [5.74, 6) is 1.40. The van der Waals surface area contributed by atoms with E-state index in [1.165, 1.54) is 0 Å². The van der Waals surface area contributed by atoms with Crippen LogP contribution in [-0.2, 0) is 4.79 Å². The number of carbonyl (C=O) groups excluding carboxylic acids is 1. The average molecular weight is 319 g/mol. The Bertz CT molecular complexity index is 497. The molecule has 4 nitrogen and oxygen atoms in total. The molecule has 0 aromatic heterocycles. The maximum Gasteiger partial charge on any atom is 0.243 e. The number of hydrogen-bond donors (Lipinski definition) is 1. The molecule has 0 spiro atoms. The number of ether oxygens (including phenoxy) is 2. The minimum Gasteiger partial charge on any atom is -0.490 e. The summed E-state index contributed by atoms with van der Waals surface area (Å²) in [5, 5.41) is 2.86. The SMILES string of the molecule is CCCCNC(=O)/C=C/c1ccc(OCCCC)c(OCC)c1. The predicted octanol–water partition coefficient (Wildman–Crippen LogP) is 4.19. The molecule has 1 aromatic carbocycles. The highest BCUT2D eigenvalue weighted by Crippen LogP contribution is 2.29. The summed E-state index contributed by atoms with van der Waals surface area (Å²) in [6.45, 7) is 8.15. The van der Waals surface area contributed by atoms with Crippen molar-refractivity contribution in [3.8, 4) is 11.5 Å². The summed E-state index contributed by atoms with van der Waals surface area (Å²) < 4.78 is 11.4. The Balaban J connectivity index is 2.68. The first-order valence-electron chi connectivity index (χ1n) is 8.56. The van der Waals surface area contributed by atoms with Crippen molar-refractivity contribution in [2.75, 3.05) is 19.8 Å². The molecule has 0 aliphatic rings. The van der Waals surface area contributed by atoms with E-state index in [0.29, 0.717) is 19.8 Å². The van der Waals surface area contributed by atoms with Crippen molar-refractivity contribution in [2.45, 2.75) is 46.5 Å². The molecule has 1 N–H and O–H groups in total. The molecule has 0 unspecified atom stereocenters. The average Bonchev–Trinajstić information content (AvgIpc) is 2.55. The standard InChI is InChI=1S/C19H29NO3/c1-4-7-13-20-19(21)12-10-16-9-11-17(23-14-8-5-2)18(15-16)22-6-3/h9-12,15H,4-8,13-14H2,1-3H3,(H,20,21)/b12-10+. The summed E-state index contributed by atoms with van der Waals surface area (Å²) in [5.41, 5.74) is 0.918. The molecule has 1 rings (SSSR count). The Morgan fingerprint density at radius 2 is 1.87 bits per heavy atom. The maximum absolute atomic E-state index is 11.7. The predicted molar refractivity (Wildman–Crippen MR) is 95.0 cm³/mol. The molecule has 0 bridgehead atoms. The molecule has 0 atom stereocenters. The van der Waals surface area contributed by atoms with Crippen LogP contribution in [0.15, 0.2) is 24.3 Å². The van der Waals surface area contributed by atoms with Gasteiger partial charge in [0.2, 0.25) is 5.91 Å². The van der Waals surface area contributed by atoms with Gasteiger partial charge < -0.3 is 14.8 Å². The van der Waals surface area contributed by atoms with Crippen molar-refractivity contribution in [3.63, 3.8) is 0 Å². The third-order valence-corrected chi connectivity index (χ3v) is 3.28. The molecule has 0 heterocycles. The minimum absolute atomic E-state index is 0.0697. The second kappa shape index (κ2) is 11.6. The second-order valence-corrected chi connectivity index (χ2v) is 5.32. The summed E-state index contributed by atoms with van der Waals surface area (Å²) in [6.07, 6.45) is 7.53. The number of benzene rings is 1. The lowest BCUT2D eigenvalue weighted by atomic mass is 10.2. The molecule has 0 aliphatic heterocycles. The fourth-order valence-corrected chi connectivity index (χ4v) is 1.96. The Morgan fingerprint density at radius 1 is 1.09 bits per heavy atom. The fraction of sp³-hybridized carbons (Fsp3) is 0.526. The monoisotopic (exact) mass is 319 g/mol. The molecule has 1 aromatic rings. The molecule has 0 aliphatic carbocycles. The number of nitrogens with one attached hydrogen (secondary N) is 1. The van der Waals surface area contributed by atoms with E-state index < -0.39 is 0 Å². The number of carbonyl (C=O) groups is 1. The Kier molecular flexibility index (Phi) is 9.60. The fourth-order valence-electron chi connectivity index (χ4n) is 1.96. The Morgan fingerprint density at radius 3 is 2.57 bits per heavy atom. The summed E-state index contributed by atoms with van der Waals surface area (Å²) in [4.78, 5) is 11.7. The van der Waals surface area contributed by atoms with E-state index in [9.17, 15) is 4.79 Å². The zero-order valence-corrected chi connectivity index (χ0v) is 14.6. The van der Waals surface area contributed by atoms with Gasteiger partial charge in [0, 0.05) is 12.6 Å². The lowest BCUT2D eigenvalue weighted by Crippen LogP contribution is -2.21. The molecule has 23 heavy (non-hydrogen) atoms. The topological polar surface area (TPSA) is 47.6 Å². The van der Waals surface area contributed by atoms with Gasteiger partial charge in [0.05, 0.1) is 13.2 Å². The number of amides is 1. The first-order valence-corrected chi connectivity index (χ1v) is 8.56. The number of hydrogen-bond acceptors (Lipinski definition) is 3. The molecular formula is C19H29NO3. The summed E-state index contributed by atoms with van der Waals surface area (Å²) >= 11 is 0. The van der Waals surface area contributed by atoms with E-state index in [2.05, 4.69) is 19.2 Å². The first kappa shape index (κ1) is 19.1. The van der Waals surface area contributed by atoms with Crippen molar-refractivity contribution in [1.82, 2.24) is 5.32 Å². The molecule has 0 saturated heterocycles. The van der Waals surface area contributed by atoms with Gasteiger partial charge in [-0.05, 0) is 43.5 Å². The van der Waals surface area contributed by atoms with Crippen molar-refractivity contribution in [1.29, 1.82) is 0 Å². The van der Waals surface area contributed by atoms with Crippen LogP contribution in [0.25, 0.3) is 6.08 Å². The zero-order valence-electron chi connectivity index (χ0n) is 14.6. The largest absolute Gasteiger partial charge is 0.490 e. The van der Waals surface area contributed by atoms with E-state index in [-0.39, 0.29) is 5.91 Å². The van der Waals surface area contributed by atoms with Crippen LogP contribution in [-0.4, -0.2) is 25.7 Å². The quantitative estimate of drug-likeness (QED) is 0.491. The van der Waals surface area contributed by atoms with Crippen LogP contribution >= 0.6 is 0 Å². The lowest BCUT2D eigenvalue weighted by molar-refractivity contribution is -0.116. The van der Waals surface area contributed by atoms with Crippen LogP contribution in [0.3, 0.4) is 0 Å². The molecule has 0 saturated carbocycles. The van der Waals surface area contributed by atoms with E-state index in [4.69, 9.17) is 9.47 Å². The third-order valence-electron chi connectivity index (χ3n) is 3.28. The van der Waals surface area contributed by atoms with Crippen LogP contribution in [0.2, 0.25) is 0 Å². The van der Waals surface area contributed by atoms with Crippen LogP contribution in [0.4, 0.5) is 0 Å². The van der Waals surface area contributed by atoms with Crippen LogP contribution in [0, 0.1) is 0 Å². The van der Waals surface area contributed by atoms with Crippen molar-refractivity contribution in [2.24, 2.45) is 0 Å². The molecule has 0 radical (unpaired) electrons. The zero-order chi connectivity index (χ0) is 16.9. The normalized spacial score (nSPS) is 10.7. The lowest BCUT2D eigenvalue weighted by Gasteiger charge is -2.12. The molecule has 1 amide bonds. The first-order chi connectivity index (χ1) is 11.2. The van der Waals surface area contributed by atoms with Gasteiger partial charge in [0.25, 0.3) is 0 Å². The Hall–Kier alpha value is -1.97. The second-order valence-electron chi connectivity index (χ2n) is 5.32. The highest BCUT2D eigenvalue weighted by atomic mass is 16.5. The molecule has 0 fully saturated rings. The van der Waals surface area contributed by atoms with Crippen molar-refractivity contribution in [3.05, 3.63) is 29.8 Å². The van der Waals surface area contributed by atoms with Gasteiger partial charge in [-0.2, -0.15) is 0 Å². The number of unbranched alkanes of at least 4 members (excludes halogenated alkanes) is 2. The van der Waals surface area contributed by atoms with Gasteiger partial charge in [0.1, 0.15) is 0 Å². The van der Waals surface area contributed by atoms with Gasteiger partial charge >= 0.3 is 0 Å². The van der Waals surface area contributed by atoms with Gasteiger partial charge in [-0.3, -0.25) is 4.79 Å². The number of rotatable bonds is 11. The Labute approximate surface area is 139 Å². The van der Waals surface area contributed by atoms with Gasteiger partial charge in [-0.1, -0.05) is 32.8 Å². The van der Waals surface area contributed by atoms with E-state index in [1.54, 1.807) is 12.2 Å². The molecule has 128 valence electrons. The minimum atomic E-state index is -0.0697. The molecular weight excluding hydrogens is 290 g/mol. The van der Waals surface area contributed by atoms with E-state index in [0.717, 1.165) is 42.7 Å². The van der Waals surface area contributed by atoms with Crippen LogP contribution in [0.1, 0.15) is 52.0 Å². The molecule has 4 heteroatoms. The maximum atomic E-state index is 11.7. The highest BCUT2D eigenvalue weighted by Gasteiger charge is 2.05. The van der Waals surface area contributed by atoms with Gasteiger partial charge in [-0.25, -0.2) is 0 Å². The summed E-state index contributed by atoms with van der Waals surface area (Å²) in [7, 11) is 0. The third kappa shape index (κ3) is 7.73.